The molecule has 0 aliphatic heterocycles. The van der Waals surface area contributed by atoms with Gasteiger partial charge in [-0.25, -0.2) is 16.8 Å². The van der Waals surface area contributed by atoms with Crippen molar-refractivity contribution in [2.24, 2.45) is 5.41 Å². The Balaban J connectivity index is 1.71. The van der Waals surface area contributed by atoms with Gasteiger partial charge in [0, 0.05) is 12.8 Å². The molecular weight excluding hydrogens is 560 g/mol. The number of sulfone groups is 2. The summed E-state index contributed by atoms with van der Waals surface area (Å²) < 4.78 is 128. The number of carbonyl (C=O) groups excluding carboxylic acids is 1. The van der Waals surface area contributed by atoms with Crippen LogP contribution >= 0.6 is 0 Å². The summed E-state index contributed by atoms with van der Waals surface area (Å²) in [6.45, 7) is 1.73. The summed E-state index contributed by atoms with van der Waals surface area (Å²) in [6, 6.07) is 5.32. The molecule has 1 fully saturated rings. The van der Waals surface area contributed by atoms with Crippen molar-refractivity contribution in [3.63, 3.8) is 0 Å². The van der Waals surface area contributed by atoms with Gasteiger partial charge in [-0.2, -0.15) is 26.3 Å². The number of benzene rings is 2. The van der Waals surface area contributed by atoms with Gasteiger partial charge in [0.25, 0.3) is 5.91 Å². The SMILES string of the molecule is CC1(CNC(=O)c2ccc(C(F)(F)F)cc2S(C)(=O)=O)CCC(S(=O)(=O)c2cccc(C(F)(F)F)c2)CC1. The molecule has 0 atom stereocenters. The van der Waals surface area contributed by atoms with Crippen molar-refractivity contribution >= 4 is 25.6 Å². The highest BCUT2D eigenvalue weighted by molar-refractivity contribution is 7.92. The maximum Gasteiger partial charge on any atom is 0.416 e. The topological polar surface area (TPSA) is 97.4 Å². The molecule has 0 unspecified atom stereocenters. The van der Waals surface area contributed by atoms with Crippen LogP contribution in [0.15, 0.2) is 52.3 Å². The Hall–Kier alpha value is -2.61. The highest BCUT2D eigenvalue weighted by Gasteiger charge is 2.39. The Labute approximate surface area is 216 Å². The molecule has 1 aliphatic rings. The predicted octanol–water partition coefficient (Wildman–Crippen LogP) is 5.28. The van der Waals surface area contributed by atoms with Crippen LogP contribution in [0.4, 0.5) is 26.3 Å². The zero-order valence-electron chi connectivity index (χ0n) is 20.3. The second-order valence-corrected chi connectivity index (χ2v) is 14.0. The fourth-order valence-electron chi connectivity index (χ4n) is 4.40. The molecule has 2 aromatic rings. The molecule has 1 N–H and O–H groups in total. The number of halogens is 6. The van der Waals surface area contributed by atoms with Gasteiger partial charge in [-0.1, -0.05) is 13.0 Å². The zero-order chi connectivity index (χ0) is 28.7. The number of rotatable bonds is 6. The number of carbonyl (C=O) groups is 1. The summed E-state index contributed by atoms with van der Waals surface area (Å²) in [5, 5.41) is 1.60. The quantitative estimate of drug-likeness (QED) is 0.466. The number of amides is 1. The van der Waals surface area contributed by atoms with Crippen molar-refractivity contribution in [1.29, 1.82) is 0 Å². The third-order valence-corrected chi connectivity index (χ3v) is 10.1. The Morgan fingerprint density at radius 3 is 2.00 bits per heavy atom. The van der Waals surface area contributed by atoms with Gasteiger partial charge >= 0.3 is 12.4 Å². The minimum absolute atomic E-state index is 0.0214. The summed E-state index contributed by atoms with van der Waals surface area (Å²) in [7, 11) is -8.23. The second kappa shape index (κ2) is 10.2. The third-order valence-electron chi connectivity index (χ3n) is 6.70. The van der Waals surface area contributed by atoms with Gasteiger partial charge in [0.2, 0.25) is 0 Å². The average Bonchev–Trinajstić information content (AvgIpc) is 2.81. The normalized spacial score (nSPS) is 21.2. The largest absolute Gasteiger partial charge is 0.416 e. The van der Waals surface area contributed by atoms with Gasteiger partial charge in [-0.05, 0) is 67.5 Å². The number of hydrogen-bond donors (Lipinski definition) is 1. The summed E-state index contributed by atoms with van der Waals surface area (Å²) >= 11 is 0. The summed E-state index contributed by atoms with van der Waals surface area (Å²) in [5.74, 6) is -0.904. The van der Waals surface area contributed by atoms with E-state index < -0.39 is 75.1 Å². The van der Waals surface area contributed by atoms with E-state index in [2.05, 4.69) is 5.32 Å². The van der Waals surface area contributed by atoms with Crippen LogP contribution in [-0.2, 0) is 32.0 Å². The highest BCUT2D eigenvalue weighted by atomic mass is 32.2. The molecule has 1 aliphatic carbocycles. The standard InChI is InChI=1S/C24H25F6NO5S2/c1-22(14-31-21(32)19-7-6-16(24(28,29)30)13-20(19)37(2,33)34)10-8-17(9-11-22)38(35,36)18-5-3-4-15(12-18)23(25,26)27/h3-7,12-13,17H,8-11,14H2,1-2H3,(H,31,32). The molecule has 6 nitrogen and oxygen atoms in total. The molecule has 0 aromatic heterocycles. The molecule has 210 valence electrons. The maximum absolute atomic E-state index is 13.0. The number of alkyl halides is 6. The van der Waals surface area contributed by atoms with E-state index >= 15 is 0 Å². The van der Waals surface area contributed by atoms with Gasteiger partial charge in [0.15, 0.2) is 19.7 Å². The van der Waals surface area contributed by atoms with Crippen LogP contribution < -0.4 is 5.32 Å². The average molecular weight is 586 g/mol. The van der Waals surface area contributed by atoms with Crippen LogP contribution in [0.2, 0.25) is 0 Å². The van der Waals surface area contributed by atoms with E-state index in [-0.39, 0.29) is 32.2 Å². The molecule has 1 saturated carbocycles. The van der Waals surface area contributed by atoms with Crippen molar-refractivity contribution in [3.8, 4) is 0 Å². The van der Waals surface area contributed by atoms with Gasteiger partial charge < -0.3 is 5.32 Å². The van der Waals surface area contributed by atoms with Crippen molar-refractivity contribution < 1.29 is 48.0 Å². The van der Waals surface area contributed by atoms with Crippen LogP contribution in [-0.4, -0.2) is 40.8 Å². The highest BCUT2D eigenvalue weighted by Crippen LogP contribution is 2.40. The lowest BCUT2D eigenvalue weighted by Gasteiger charge is -2.37. The Morgan fingerprint density at radius 1 is 0.921 bits per heavy atom. The summed E-state index contributed by atoms with van der Waals surface area (Å²) in [6.07, 6.45) is -8.04. The molecule has 3 rings (SSSR count). The zero-order valence-corrected chi connectivity index (χ0v) is 21.9. The van der Waals surface area contributed by atoms with Crippen molar-refractivity contribution in [2.75, 3.05) is 12.8 Å². The molecule has 0 spiro atoms. The van der Waals surface area contributed by atoms with Crippen LogP contribution in [0.3, 0.4) is 0 Å². The first-order valence-electron chi connectivity index (χ1n) is 11.3. The van der Waals surface area contributed by atoms with Crippen LogP contribution in [0.5, 0.6) is 0 Å². The van der Waals surface area contributed by atoms with Crippen LogP contribution in [0.25, 0.3) is 0 Å². The lowest BCUT2D eigenvalue weighted by Crippen LogP contribution is -2.40. The molecule has 38 heavy (non-hydrogen) atoms. The van der Waals surface area contributed by atoms with E-state index in [0.29, 0.717) is 24.5 Å². The van der Waals surface area contributed by atoms with Gasteiger partial charge in [0.1, 0.15) is 0 Å². The first-order valence-corrected chi connectivity index (χ1v) is 14.8. The van der Waals surface area contributed by atoms with Crippen LogP contribution in [0.1, 0.15) is 54.1 Å². The molecule has 0 saturated heterocycles. The molecule has 0 heterocycles. The summed E-state index contributed by atoms with van der Waals surface area (Å²) in [4.78, 5) is 11.5. The molecular formula is C24H25F6NO5S2. The van der Waals surface area contributed by atoms with Crippen LogP contribution in [0, 0.1) is 5.41 Å². The smallest absolute Gasteiger partial charge is 0.351 e. The third kappa shape index (κ3) is 6.68. The number of nitrogens with one attached hydrogen (secondary N) is 1. The van der Waals surface area contributed by atoms with Crippen molar-refractivity contribution in [2.45, 2.75) is 60.0 Å². The van der Waals surface area contributed by atoms with E-state index in [1.807, 2.05) is 0 Å². The summed E-state index contributed by atoms with van der Waals surface area (Å²) in [5.41, 5.74) is -3.38. The number of hydrogen-bond acceptors (Lipinski definition) is 5. The maximum atomic E-state index is 13.0. The van der Waals surface area contributed by atoms with Crippen molar-refractivity contribution in [3.05, 3.63) is 59.2 Å². The van der Waals surface area contributed by atoms with Gasteiger partial charge in [-0.15, -0.1) is 0 Å². The lowest BCUT2D eigenvalue weighted by atomic mass is 9.75. The first kappa shape index (κ1) is 29.9. The molecule has 2 aromatic carbocycles. The fraction of sp³-hybridized carbons (Fsp3) is 0.458. The first-order chi connectivity index (χ1) is 17.2. The Morgan fingerprint density at radius 2 is 1.47 bits per heavy atom. The molecule has 0 radical (unpaired) electrons. The monoisotopic (exact) mass is 585 g/mol. The lowest BCUT2D eigenvalue weighted by molar-refractivity contribution is -0.138. The van der Waals surface area contributed by atoms with E-state index in [0.717, 1.165) is 24.3 Å². The molecule has 14 heteroatoms. The predicted molar refractivity (Wildman–Crippen MR) is 126 cm³/mol. The second-order valence-electron chi connectivity index (χ2n) is 9.74. The van der Waals surface area contributed by atoms with E-state index in [9.17, 15) is 48.0 Å². The molecule has 0 bridgehead atoms. The van der Waals surface area contributed by atoms with E-state index in [1.54, 1.807) is 6.92 Å². The van der Waals surface area contributed by atoms with Gasteiger partial charge in [0.05, 0.1) is 31.7 Å². The Bertz CT molecular complexity index is 1420. The van der Waals surface area contributed by atoms with Gasteiger partial charge in [-0.3, -0.25) is 4.79 Å². The van der Waals surface area contributed by atoms with E-state index in [4.69, 9.17) is 0 Å². The minimum Gasteiger partial charge on any atom is -0.351 e. The molecule has 1 amide bonds. The van der Waals surface area contributed by atoms with E-state index in [1.165, 1.54) is 0 Å². The minimum atomic E-state index is -4.81. The fourth-order valence-corrected chi connectivity index (χ4v) is 7.10. The Kier molecular flexibility index (Phi) is 8.02. The van der Waals surface area contributed by atoms with Crippen molar-refractivity contribution in [1.82, 2.24) is 5.32 Å².